The lowest BCUT2D eigenvalue weighted by molar-refractivity contribution is -0.134. The first-order valence-electron chi connectivity index (χ1n) is 9.82. The average Bonchev–Trinajstić information content (AvgIpc) is 3.34. The molecular weight excluding hydrogens is 420 g/mol. The average molecular weight is 442 g/mol. The molecule has 1 aliphatic heterocycles. The number of amides is 1. The number of nitrogens with one attached hydrogen (secondary N) is 2. The monoisotopic (exact) mass is 442 g/mol. The second-order valence-corrected chi connectivity index (χ2v) is 9.08. The first-order chi connectivity index (χ1) is 15.0. The molecule has 0 spiro atoms. The van der Waals surface area contributed by atoms with Crippen molar-refractivity contribution in [3.8, 4) is 22.6 Å². The lowest BCUT2D eigenvalue weighted by atomic mass is 10.0. The van der Waals surface area contributed by atoms with E-state index in [2.05, 4.69) is 10.2 Å². The van der Waals surface area contributed by atoms with Gasteiger partial charge in [0.2, 0.25) is 10.0 Å². The van der Waals surface area contributed by atoms with Crippen molar-refractivity contribution in [2.75, 3.05) is 6.54 Å². The molecule has 0 saturated carbocycles. The summed E-state index contributed by atoms with van der Waals surface area (Å²) in [5, 5.41) is 15.6. The van der Waals surface area contributed by atoms with Gasteiger partial charge in [0, 0.05) is 18.3 Å². The molecule has 0 unspecified atom stereocenters. The van der Waals surface area contributed by atoms with Gasteiger partial charge in [-0.3, -0.25) is 15.1 Å². The number of hydrogen-bond acceptors (Lipinski definition) is 6. The maximum Gasteiger partial charge on any atom is 0.261 e. The Balaban J connectivity index is 1.49. The van der Waals surface area contributed by atoms with Crippen LogP contribution in [-0.2, 0) is 14.8 Å². The standard InChI is InChI=1S/C21H22N4O5S/c26-21(24-27)20-3-1-2-12-25(20)31(28,29)19-10-8-18(9-11-19)30-17-6-4-15(5-7-17)16-13-22-23-14-16/h4-11,13-14,20,27H,1-3,12H2,(H,22,23)(H,24,26)/t20-/m1/s1. The van der Waals surface area contributed by atoms with Crippen LogP contribution < -0.4 is 10.2 Å². The van der Waals surface area contributed by atoms with Crippen LogP contribution in [0.15, 0.2) is 65.8 Å². The Kier molecular flexibility index (Phi) is 6.03. The molecule has 0 radical (unpaired) electrons. The molecule has 10 heteroatoms. The van der Waals surface area contributed by atoms with Crippen LogP contribution in [0.5, 0.6) is 11.5 Å². The third-order valence-electron chi connectivity index (χ3n) is 5.22. The number of aromatic amines is 1. The van der Waals surface area contributed by atoms with E-state index in [4.69, 9.17) is 9.94 Å². The van der Waals surface area contributed by atoms with Gasteiger partial charge in [-0.2, -0.15) is 9.40 Å². The highest BCUT2D eigenvalue weighted by Crippen LogP contribution is 2.29. The molecule has 2 heterocycles. The highest BCUT2D eigenvalue weighted by atomic mass is 32.2. The Hall–Kier alpha value is -3.21. The van der Waals surface area contributed by atoms with Crippen molar-refractivity contribution in [1.82, 2.24) is 20.0 Å². The molecule has 3 aromatic rings. The first-order valence-corrected chi connectivity index (χ1v) is 11.3. The van der Waals surface area contributed by atoms with E-state index in [0.29, 0.717) is 24.3 Å². The molecule has 2 aromatic carbocycles. The summed E-state index contributed by atoms with van der Waals surface area (Å²) >= 11 is 0. The predicted octanol–water partition coefficient (Wildman–Crippen LogP) is 2.92. The minimum Gasteiger partial charge on any atom is -0.457 e. The van der Waals surface area contributed by atoms with Crippen molar-refractivity contribution >= 4 is 15.9 Å². The van der Waals surface area contributed by atoms with Crippen molar-refractivity contribution in [2.24, 2.45) is 0 Å². The smallest absolute Gasteiger partial charge is 0.261 e. The van der Waals surface area contributed by atoms with Crippen LogP contribution in [-0.4, -0.2) is 46.6 Å². The number of ether oxygens (including phenoxy) is 1. The van der Waals surface area contributed by atoms with Gasteiger partial charge in [0.05, 0.1) is 11.1 Å². The third kappa shape index (κ3) is 4.46. The van der Waals surface area contributed by atoms with E-state index in [1.807, 2.05) is 24.3 Å². The van der Waals surface area contributed by atoms with E-state index < -0.39 is 22.0 Å². The van der Waals surface area contributed by atoms with Crippen LogP contribution >= 0.6 is 0 Å². The molecule has 4 rings (SSSR count). The van der Waals surface area contributed by atoms with E-state index in [1.54, 1.807) is 30.0 Å². The molecule has 1 amide bonds. The summed E-state index contributed by atoms with van der Waals surface area (Å²) in [5.74, 6) is 0.374. The molecule has 9 nitrogen and oxygen atoms in total. The van der Waals surface area contributed by atoms with E-state index in [-0.39, 0.29) is 11.4 Å². The predicted molar refractivity (Wildman–Crippen MR) is 112 cm³/mol. The van der Waals surface area contributed by atoms with E-state index in [0.717, 1.165) is 21.9 Å². The Morgan fingerprint density at radius 2 is 1.74 bits per heavy atom. The zero-order chi connectivity index (χ0) is 21.8. The summed E-state index contributed by atoms with van der Waals surface area (Å²) in [6, 6.07) is 12.6. The van der Waals surface area contributed by atoms with Gasteiger partial charge >= 0.3 is 0 Å². The van der Waals surface area contributed by atoms with Gasteiger partial charge in [0.15, 0.2) is 0 Å². The van der Waals surface area contributed by atoms with Crippen molar-refractivity contribution in [3.63, 3.8) is 0 Å². The van der Waals surface area contributed by atoms with Crippen LogP contribution in [0, 0.1) is 0 Å². The Labute approximate surface area is 179 Å². The van der Waals surface area contributed by atoms with Crippen LogP contribution in [0.2, 0.25) is 0 Å². The summed E-state index contributed by atoms with van der Waals surface area (Å²) < 4.78 is 33.1. The van der Waals surface area contributed by atoms with E-state index >= 15 is 0 Å². The topological polar surface area (TPSA) is 125 Å². The molecular formula is C21H22N4O5S. The van der Waals surface area contributed by atoms with Crippen LogP contribution in [0.25, 0.3) is 11.1 Å². The minimum atomic E-state index is -3.89. The molecule has 0 aliphatic carbocycles. The number of carbonyl (C=O) groups excluding carboxylic acids is 1. The van der Waals surface area contributed by atoms with Gasteiger partial charge in [0.1, 0.15) is 17.5 Å². The van der Waals surface area contributed by atoms with Crippen molar-refractivity contribution in [3.05, 3.63) is 60.9 Å². The summed E-state index contributed by atoms with van der Waals surface area (Å²) in [6.07, 6.45) is 5.26. The maximum absolute atomic E-state index is 13.1. The SMILES string of the molecule is O=C(NO)[C@H]1CCCCN1S(=O)(=O)c1ccc(Oc2ccc(-c3cn[nH]c3)cc2)cc1. The number of rotatable bonds is 6. The molecule has 3 N–H and O–H groups in total. The Morgan fingerprint density at radius 3 is 2.35 bits per heavy atom. The molecule has 0 bridgehead atoms. The Bertz CT molecular complexity index is 1130. The van der Waals surface area contributed by atoms with Crippen molar-refractivity contribution in [1.29, 1.82) is 0 Å². The fourth-order valence-corrected chi connectivity index (χ4v) is 5.26. The lowest BCUT2D eigenvalue weighted by Crippen LogP contribution is -2.51. The summed E-state index contributed by atoms with van der Waals surface area (Å²) in [6.45, 7) is 0.224. The van der Waals surface area contributed by atoms with E-state index in [9.17, 15) is 13.2 Å². The number of aromatic nitrogens is 2. The Morgan fingerprint density at radius 1 is 1.06 bits per heavy atom. The highest BCUT2D eigenvalue weighted by Gasteiger charge is 2.37. The van der Waals surface area contributed by atoms with Gasteiger partial charge < -0.3 is 4.74 Å². The summed E-state index contributed by atoms with van der Waals surface area (Å²) in [7, 11) is -3.89. The normalized spacial score (nSPS) is 17.3. The van der Waals surface area contributed by atoms with Crippen molar-refractivity contribution in [2.45, 2.75) is 30.2 Å². The highest BCUT2D eigenvalue weighted by molar-refractivity contribution is 7.89. The fraction of sp³-hybridized carbons (Fsp3) is 0.238. The molecule has 31 heavy (non-hydrogen) atoms. The van der Waals surface area contributed by atoms with Crippen LogP contribution in [0.1, 0.15) is 19.3 Å². The molecule has 1 atom stereocenters. The number of H-pyrrole nitrogens is 1. The molecule has 1 aliphatic rings. The van der Waals surface area contributed by atoms with Gasteiger partial charge in [-0.15, -0.1) is 0 Å². The van der Waals surface area contributed by atoms with Gasteiger partial charge in [0.25, 0.3) is 5.91 Å². The number of hydroxylamine groups is 1. The van der Waals surface area contributed by atoms with Gasteiger partial charge in [-0.05, 0) is 54.8 Å². The zero-order valence-corrected chi connectivity index (χ0v) is 17.4. The second kappa shape index (κ2) is 8.88. The zero-order valence-electron chi connectivity index (χ0n) is 16.6. The minimum absolute atomic E-state index is 0.0628. The molecule has 1 aromatic heterocycles. The summed E-state index contributed by atoms with van der Waals surface area (Å²) in [5.41, 5.74) is 3.52. The quantitative estimate of drug-likeness (QED) is 0.398. The molecule has 162 valence electrons. The molecule has 1 fully saturated rings. The number of sulfonamides is 1. The second-order valence-electron chi connectivity index (χ2n) is 7.19. The summed E-state index contributed by atoms with van der Waals surface area (Å²) in [4.78, 5) is 12.0. The number of carbonyl (C=O) groups is 1. The number of hydrogen-bond donors (Lipinski definition) is 3. The van der Waals surface area contributed by atoms with Crippen molar-refractivity contribution < 1.29 is 23.2 Å². The fourth-order valence-electron chi connectivity index (χ4n) is 3.60. The number of piperidine rings is 1. The van der Waals surface area contributed by atoms with Crippen LogP contribution in [0.4, 0.5) is 0 Å². The lowest BCUT2D eigenvalue weighted by Gasteiger charge is -2.33. The number of nitrogens with zero attached hydrogens (tertiary/aromatic N) is 2. The molecule has 1 saturated heterocycles. The maximum atomic E-state index is 13.1. The van der Waals surface area contributed by atoms with Gasteiger partial charge in [-0.25, -0.2) is 13.9 Å². The largest absolute Gasteiger partial charge is 0.457 e. The third-order valence-corrected chi connectivity index (χ3v) is 7.14. The first kappa shape index (κ1) is 21.0. The van der Waals surface area contributed by atoms with E-state index in [1.165, 1.54) is 12.1 Å². The van der Waals surface area contributed by atoms with Crippen LogP contribution in [0.3, 0.4) is 0 Å². The van der Waals surface area contributed by atoms with Gasteiger partial charge in [-0.1, -0.05) is 18.6 Å². The number of benzene rings is 2.